The summed E-state index contributed by atoms with van der Waals surface area (Å²) in [5.41, 5.74) is 1.56. The summed E-state index contributed by atoms with van der Waals surface area (Å²) in [4.78, 5) is 25.1. The van der Waals surface area contributed by atoms with E-state index in [4.69, 9.17) is 5.11 Å². The van der Waals surface area contributed by atoms with E-state index in [-0.39, 0.29) is 5.91 Å². The van der Waals surface area contributed by atoms with Gasteiger partial charge in [-0.25, -0.2) is 4.79 Å². The van der Waals surface area contributed by atoms with E-state index in [2.05, 4.69) is 5.10 Å². The lowest BCUT2D eigenvalue weighted by atomic mass is 10.1. The molecule has 1 aromatic carbocycles. The van der Waals surface area contributed by atoms with Gasteiger partial charge in [-0.05, 0) is 36.6 Å². The van der Waals surface area contributed by atoms with Gasteiger partial charge in [-0.2, -0.15) is 5.10 Å². The number of carbonyl (C=O) groups excluding carboxylic acids is 1. The summed E-state index contributed by atoms with van der Waals surface area (Å²) in [5.74, 6) is -1.14. The van der Waals surface area contributed by atoms with E-state index >= 15 is 0 Å². The highest BCUT2D eigenvalue weighted by atomic mass is 16.4. The van der Waals surface area contributed by atoms with Crippen LogP contribution in [-0.4, -0.2) is 44.3 Å². The lowest BCUT2D eigenvalue weighted by Crippen LogP contribution is -2.40. The second-order valence-corrected chi connectivity index (χ2v) is 5.40. The van der Waals surface area contributed by atoms with Crippen molar-refractivity contribution in [2.24, 2.45) is 0 Å². The van der Waals surface area contributed by atoms with Gasteiger partial charge in [-0.3, -0.25) is 9.48 Å². The quantitative estimate of drug-likeness (QED) is 0.931. The third-order valence-electron chi connectivity index (χ3n) is 3.90. The Bertz CT molecular complexity index is 664. The smallest absolute Gasteiger partial charge is 0.326 e. The largest absolute Gasteiger partial charge is 0.480 e. The molecule has 0 unspecified atom stereocenters. The van der Waals surface area contributed by atoms with E-state index < -0.39 is 12.0 Å². The molecule has 1 amide bonds. The normalized spacial score (nSPS) is 17.6. The van der Waals surface area contributed by atoms with Crippen LogP contribution in [0.5, 0.6) is 0 Å². The Hall–Kier alpha value is -2.63. The Morgan fingerprint density at radius 3 is 2.68 bits per heavy atom. The number of aliphatic carboxylic acids is 1. The summed E-state index contributed by atoms with van der Waals surface area (Å²) >= 11 is 0. The molecule has 0 aliphatic carbocycles. The number of rotatable bonds is 4. The average Bonchev–Trinajstić information content (AvgIpc) is 3.18. The molecule has 22 heavy (non-hydrogen) atoms. The molecule has 0 radical (unpaired) electrons. The van der Waals surface area contributed by atoms with Crippen LogP contribution < -0.4 is 0 Å². The molecule has 114 valence electrons. The molecular weight excluding hydrogens is 282 g/mol. The van der Waals surface area contributed by atoms with Crippen molar-refractivity contribution in [3.05, 3.63) is 53.9 Å². The first-order chi connectivity index (χ1) is 10.6. The molecule has 1 aliphatic heterocycles. The van der Waals surface area contributed by atoms with Gasteiger partial charge in [0.2, 0.25) is 0 Å². The highest BCUT2D eigenvalue weighted by molar-refractivity contribution is 5.97. The number of benzene rings is 1. The van der Waals surface area contributed by atoms with Gasteiger partial charge in [-0.1, -0.05) is 12.1 Å². The second-order valence-electron chi connectivity index (χ2n) is 5.40. The molecule has 1 atom stereocenters. The van der Waals surface area contributed by atoms with Crippen molar-refractivity contribution in [3.8, 4) is 0 Å². The molecule has 1 N–H and O–H groups in total. The van der Waals surface area contributed by atoms with E-state index in [0.29, 0.717) is 25.1 Å². The minimum Gasteiger partial charge on any atom is -0.480 e. The number of hydrogen-bond acceptors (Lipinski definition) is 3. The third kappa shape index (κ3) is 2.86. The highest BCUT2D eigenvalue weighted by Gasteiger charge is 2.34. The van der Waals surface area contributed by atoms with Crippen molar-refractivity contribution in [2.75, 3.05) is 6.54 Å². The lowest BCUT2D eigenvalue weighted by molar-refractivity contribution is -0.141. The van der Waals surface area contributed by atoms with Gasteiger partial charge in [0.05, 0.1) is 6.54 Å². The fourth-order valence-electron chi connectivity index (χ4n) is 2.77. The van der Waals surface area contributed by atoms with Crippen molar-refractivity contribution >= 4 is 11.9 Å². The first kappa shape index (κ1) is 14.3. The number of nitrogens with zero attached hydrogens (tertiary/aromatic N) is 3. The third-order valence-corrected chi connectivity index (χ3v) is 3.90. The Morgan fingerprint density at radius 2 is 2.05 bits per heavy atom. The minimum atomic E-state index is -0.929. The summed E-state index contributed by atoms with van der Waals surface area (Å²) in [7, 11) is 0. The van der Waals surface area contributed by atoms with Crippen LogP contribution in [0.1, 0.15) is 28.8 Å². The number of hydrogen-bond donors (Lipinski definition) is 1. The lowest BCUT2D eigenvalue weighted by Gasteiger charge is -2.21. The van der Waals surface area contributed by atoms with Crippen LogP contribution in [0.25, 0.3) is 0 Å². The molecular formula is C16H17N3O3. The number of aromatic nitrogens is 2. The summed E-state index contributed by atoms with van der Waals surface area (Å²) in [5, 5.41) is 13.3. The van der Waals surface area contributed by atoms with Gasteiger partial charge < -0.3 is 10.0 Å². The van der Waals surface area contributed by atoms with Crippen LogP contribution >= 0.6 is 0 Å². The zero-order valence-electron chi connectivity index (χ0n) is 12.1. The molecule has 6 nitrogen and oxygen atoms in total. The SMILES string of the molecule is O=C(O)[C@H]1CCCN1C(=O)c1ccc(Cn2cccn2)cc1. The van der Waals surface area contributed by atoms with Crippen LogP contribution in [0, 0.1) is 0 Å². The van der Waals surface area contributed by atoms with Crippen molar-refractivity contribution in [1.29, 1.82) is 0 Å². The molecule has 0 bridgehead atoms. The molecule has 0 spiro atoms. The molecule has 1 aliphatic rings. The van der Waals surface area contributed by atoms with Crippen LogP contribution in [-0.2, 0) is 11.3 Å². The fourth-order valence-corrected chi connectivity index (χ4v) is 2.77. The summed E-state index contributed by atoms with van der Waals surface area (Å²) < 4.78 is 1.80. The molecule has 0 saturated carbocycles. The van der Waals surface area contributed by atoms with E-state index in [0.717, 1.165) is 12.0 Å². The van der Waals surface area contributed by atoms with Crippen LogP contribution in [0.4, 0.5) is 0 Å². The highest BCUT2D eigenvalue weighted by Crippen LogP contribution is 2.20. The van der Waals surface area contributed by atoms with Crippen LogP contribution in [0.15, 0.2) is 42.7 Å². The molecule has 1 aromatic heterocycles. The predicted octanol–water partition coefficient (Wildman–Crippen LogP) is 1.62. The summed E-state index contributed by atoms with van der Waals surface area (Å²) in [6.45, 7) is 1.15. The van der Waals surface area contributed by atoms with Gasteiger partial charge in [0.25, 0.3) is 5.91 Å². The predicted molar refractivity (Wildman–Crippen MR) is 79.5 cm³/mol. The van der Waals surface area contributed by atoms with Gasteiger partial charge in [0.15, 0.2) is 0 Å². The first-order valence-corrected chi connectivity index (χ1v) is 7.25. The van der Waals surface area contributed by atoms with E-state index in [1.807, 2.05) is 24.4 Å². The Morgan fingerprint density at radius 1 is 1.27 bits per heavy atom. The average molecular weight is 299 g/mol. The van der Waals surface area contributed by atoms with E-state index in [1.165, 1.54) is 4.90 Å². The van der Waals surface area contributed by atoms with Crippen LogP contribution in [0.3, 0.4) is 0 Å². The van der Waals surface area contributed by atoms with Crippen molar-refractivity contribution in [3.63, 3.8) is 0 Å². The second kappa shape index (κ2) is 6.01. The van der Waals surface area contributed by atoms with Gasteiger partial charge >= 0.3 is 5.97 Å². The maximum Gasteiger partial charge on any atom is 0.326 e. The number of carboxylic acid groups (broad SMARTS) is 1. The molecule has 1 fully saturated rings. The summed E-state index contributed by atoms with van der Waals surface area (Å²) in [6, 6.07) is 8.41. The molecule has 2 heterocycles. The van der Waals surface area contributed by atoms with Crippen molar-refractivity contribution in [2.45, 2.75) is 25.4 Å². The first-order valence-electron chi connectivity index (χ1n) is 7.25. The van der Waals surface area contributed by atoms with Gasteiger partial charge in [-0.15, -0.1) is 0 Å². The fraction of sp³-hybridized carbons (Fsp3) is 0.312. The standard InChI is InChI=1S/C16H17N3O3/c20-15(19-10-1-3-14(19)16(21)22)13-6-4-12(5-7-13)11-18-9-2-8-17-18/h2,4-9,14H,1,3,10-11H2,(H,21,22)/t14-/m1/s1. The Labute approximate surface area is 128 Å². The van der Waals surface area contributed by atoms with E-state index in [9.17, 15) is 9.59 Å². The van der Waals surface area contributed by atoms with Gasteiger partial charge in [0, 0.05) is 24.5 Å². The number of carbonyl (C=O) groups is 2. The van der Waals surface area contributed by atoms with Gasteiger partial charge in [0.1, 0.15) is 6.04 Å². The molecule has 3 rings (SSSR count). The molecule has 1 saturated heterocycles. The number of amides is 1. The number of carboxylic acids is 1. The zero-order chi connectivity index (χ0) is 15.5. The number of likely N-dealkylation sites (tertiary alicyclic amines) is 1. The zero-order valence-corrected chi connectivity index (χ0v) is 12.1. The maximum atomic E-state index is 12.4. The Kier molecular flexibility index (Phi) is 3.91. The summed E-state index contributed by atoms with van der Waals surface area (Å²) in [6.07, 6.45) is 4.86. The topological polar surface area (TPSA) is 75.4 Å². The van der Waals surface area contributed by atoms with Crippen molar-refractivity contribution < 1.29 is 14.7 Å². The maximum absolute atomic E-state index is 12.4. The molecule has 6 heteroatoms. The Balaban J connectivity index is 1.72. The van der Waals surface area contributed by atoms with Crippen LogP contribution in [0.2, 0.25) is 0 Å². The monoisotopic (exact) mass is 299 g/mol. The van der Waals surface area contributed by atoms with E-state index in [1.54, 1.807) is 23.0 Å². The minimum absolute atomic E-state index is 0.212. The van der Waals surface area contributed by atoms with Crippen molar-refractivity contribution in [1.82, 2.24) is 14.7 Å². The molecule has 2 aromatic rings.